The van der Waals surface area contributed by atoms with Gasteiger partial charge in [-0.25, -0.2) is 4.98 Å². The number of carbonyl (C=O) groups is 1. The van der Waals surface area contributed by atoms with Crippen LogP contribution in [0.5, 0.6) is 0 Å². The van der Waals surface area contributed by atoms with E-state index in [-0.39, 0.29) is 5.91 Å². The number of anilines is 1. The molecule has 0 saturated heterocycles. The topological polar surface area (TPSA) is 46.1 Å². The van der Waals surface area contributed by atoms with Crippen LogP contribution in [0.1, 0.15) is 16.3 Å². The van der Waals surface area contributed by atoms with Crippen molar-refractivity contribution in [2.24, 2.45) is 0 Å². The molecule has 0 spiro atoms. The smallest absolute Gasteiger partial charge is 0.251 e. The summed E-state index contributed by atoms with van der Waals surface area (Å²) in [5.41, 5.74) is 2.51. The molecular weight excluding hydrogens is 354 g/mol. The van der Waals surface area contributed by atoms with Gasteiger partial charge >= 0.3 is 0 Å². The molecule has 0 aliphatic carbocycles. The lowest BCUT2D eigenvalue weighted by Crippen LogP contribution is -2.28. The molecule has 126 valence electrons. The van der Waals surface area contributed by atoms with Crippen LogP contribution >= 0.6 is 22.9 Å². The number of pyridine rings is 1. The van der Waals surface area contributed by atoms with Gasteiger partial charge in [0.2, 0.25) is 0 Å². The van der Waals surface area contributed by atoms with E-state index in [1.165, 1.54) is 0 Å². The second-order valence-electron chi connectivity index (χ2n) is 5.39. The van der Waals surface area contributed by atoms with Crippen LogP contribution in [0.2, 0.25) is 5.02 Å². The summed E-state index contributed by atoms with van der Waals surface area (Å²) in [6.07, 6.45) is 6.74. The molecule has 0 aliphatic rings. The van der Waals surface area contributed by atoms with E-state index in [1.54, 1.807) is 52.9 Å². The molecule has 6 heteroatoms. The van der Waals surface area contributed by atoms with Crippen LogP contribution < -0.4 is 4.90 Å². The number of benzene rings is 1. The summed E-state index contributed by atoms with van der Waals surface area (Å²) >= 11 is 7.52. The van der Waals surface area contributed by atoms with E-state index >= 15 is 0 Å². The maximum atomic E-state index is 12.8. The molecule has 4 nitrogen and oxygen atoms in total. The molecule has 0 saturated carbocycles. The Bertz CT molecular complexity index is 875. The van der Waals surface area contributed by atoms with Gasteiger partial charge in [-0.3, -0.25) is 9.78 Å². The first-order valence-electron chi connectivity index (χ1n) is 7.68. The zero-order valence-corrected chi connectivity index (χ0v) is 15.2. The third kappa shape index (κ3) is 4.75. The Balaban J connectivity index is 1.85. The van der Waals surface area contributed by atoms with Crippen LogP contribution in [-0.2, 0) is 11.3 Å². The first-order chi connectivity index (χ1) is 12.1. The van der Waals surface area contributed by atoms with Gasteiger partial charge in [-0.15, -0.1) is 11.3 Å². The molecule has 2 heterocycles. The van der Waals surface area contributed by atoms with E-state index < -0.39 is 0 Å². The highest BCUT2D eigenvalue weighted by atomic mass is 35.5. The third-order valence-corrected chi connectivity index (χ3v) is 4.54. The minimum Gasteiger partial charge on any atom is -0.304 e. The summed E-state index contributed by atoms with van der Waals surface area (Å²) in [6, 6.07) is 11.0. The van der Waals surface area contributed by atoms with E-state index in [4.69, 9.17) is 11.6 Å². The molecule has 3 rings (SSSR count). The lowest BCUT2D eigenvalue weighted by molar-refractivity contribution is -0.114. The van der Waals surface area contributed by atoms with Crippen molar-refractivity contribution in [2.75, 3.05) is 4.90 Å². The van der Waals surface area contributed by atoms with Gasteiger partial charge in [0.05, 0.1) is 17.2 Å². The molecule has 0 radical (unpaired) electrons. The normalized spacial score (nSPS) is 11.0. The number of halogens is 1. The van der Waals surface area contributed by atoms with Gasteiger partial charge in [-0.05, 0) is 48.9 Å². The molecule has 0 fully saturated rings. The van der Waals surface area contributed by atoms with Crippen molar-refractivity contribution < 1.29 is 4.79 Å². The Hall–Kier alpha value is -2.50. The highest BCUT2D eigenvalue weighted by Crippen LogP contribution is 2.21. The maximum absolute atomic E-state index is 12.8. The summed E-state index contributed by atoms with van der Waals surface area (Å²) in [4.78, 5) is 22.9. The summed E-state index contributed by atoms with van der Waals surface area (Å²) < 4.78 is 0. The van der Waals surface area contributed by atoms with Crippen LogP contribution in [0.3, 0.4) is 0 Å². The van der Waals surface area contributed by atoms with E-state index in [2.05, 4.69) is 9.97 Å². The van der Waals surface area contributed by atoms with Gasteiger partial charge < -0.3 is 4.90 Å². The minimum absolute atomic E-state index is 0.128. The van der Waals surface area contributed by atoms with Gasteiger partial charge in [-0.1, -0.05) is 17.7 Å². The fraction of sp³-hybridized carbons (Fsp3) is 0.105. The Morgan fingerprint density at radius 3 is 2.72 bits per heavy atom. The van der Waals surface area contributed by atoms with E-state index in [0.717, 1.165) is 22.0 Å². The standard InChI is InChI=1S/C19H16ClN3OS/c1-14-22-17(13-25-14)6-9-19(24)23(12-15-3-2-10-21-11-15)18-7-4-16(20)5-8-18/h2-11,13H,12H2,1H3/b9-6+. The third-order valence-electron chi connectivity index (χ3n) is 3.50. The summed E-state index contributed by atoms with van der Waals surface area (Å²) in [7, 11) is 0. The Labute approximate surface area is 155 Å². The lowest BCUT2D eigenvalue weighted by atomic mass is 10.2. The fourth-order valence-electron chi connectivity index (χ4n) is 2.30. The quantitative estimate of drug-likeness (QED) is 0.610. The molecule has 25 heavy (non-hydrogen) atoms. The maximum Gasteiger partial charge on any atom is 0.251 e. The lowest BCUT2D eigenvalue weighted by Gasteiger charge is -2.21. The number of amides is 1. The molecule has 3 aromatic rings. The number of rotatable bonds is 5. The number of aryl methyl sites for hydroxylation is 1. The van der Waals surface area contributed by atoms with Crippen LogP contribution in [0.4, 0.5) is 5.69 Å². The van der Waals surface area contributed by atoms with Gasteiger partial charge in [0.15, 0.2) is 0 Å². The molecule has 2 aromatic heterocycles. The Morgan fingerprint density at radius 2 is 2.08 bits per heavy atom. The second-order valence-corrected chi connectivity index (χ2v) is 6.89. The predicted octanol–water partition coefficient (Wildman–Crippen LogP) is 4.75. The van der Waals surface area contributed by atoms with Crippen molar-refractivity contribution in [3.05, 3.63) is 81.5 Å². The second kappa shape index (κ2) is 8.05. The Morgan fingerprint density at radius 1 is 1.28 bits per heavy atom. The molecule has 0 N–H and O–H groups in total. The summed E-state index contributed by atoms with van der Waals surface area (Å²) in [5, 5.41) is 3.52. The number of aromatic nitrogens is 2. The van der Waals surface area contributed by atoms with Crippen molar-refractivity contribution in [3.63, 3.8) is 0 Å². The number of carbonyl (C=O) groups excluding carboxylic acids is 1. The minimum atomic E-state index is -0.128. The number of nitrogens with zero attached hydrogens (tertiary/aromatic N) is 3. The first kappa shape index (κ1) is 17.3. The first-order valence-corrected chi connectivity index (χ1v) is 8.94. The van der Waals surface area contributed by atoms with Crippen molar-refractivity contribution in [2.45, 2.75) is 13.5 Å². The number of hydrogen-bond acceptors (Lipinski definition) is 4. The van der Waals surface area contributed by atoms with Gasteiger partial charge in [-0.2, -0.15) is 0 Å². The number of hydrogen-bond donors (Lipinski definition) is 0. The van der Waals surface area contributed by atoms with Crippen LogP contribution in [0, 0.1) is 6.92 Å². The highest BCUT2D eigenvalue weighted by Gasteiger charge is 2.14. The summed E-state index contributed by atoms with van der Waals surface area (Å²) in [5.74, 6) is -0.128. The van der Waals surface area contributed by atoms with E-state index in [0.29, 0.717) is 11.6 Å². The van der Waals surface area contributed by atoms with Gasteiger partial charge in [0, 0.05) is 34.6 Å². The molecule has 0 bridgehead atoms. The molecule has 0 aliphatic heterocycles. The van der Waals surface area contributed by atoms with Gasteiger partial charge in [0.1, 0.15) is 0 Å². The van der Waals surface area contributed by atoms with Crippen LogP contribution in [0.15, 0.2) is 60.2 Å². The largest absolute Gasteiger partial charge is 0.304 e. The average Bonchev–Trinajstić information content (AvgIpc) is 3.05. The van der Waals surface area contributed by atoms with Crippen molar-refractivity contribution >= 4 is 40.6 Å². The van der Waals surface area contributed by atoms with Crippen molar-refractivity contribution in [1.82, 2.24) is 9.97 Å². The zero-order chi connectivity index (χ0) is 17.6. The van der Waals surface area contributed by atoms with Crippen LogP contribution in [-0.4, -0.2) is 15.9 Å². The molecular formula is C19H16ClN3OS. The van der Waals surface area contributed by atoms with E-state index in [9.17, 15) is 4.79 Å². The SMILES string of the molecule is Cc1nc(/C=C/C(=O)N(Cc2cccnc2)c2ccc(Cl)cc2)cs1. The van der Waals surface area contributed by atoms with E-state index in [1.807, 2.05) is 36.6 Å². The predicted molar refractivity (Wildman–Crippen MR) is 103 cm³/mol. The van der Waals surface area contributed by atoms with Crippen molar-refractivity contribution in [3.8, 4) is 0 Å². The molecule has 1 amide bonds. The molecule has 0 atom stereocenters. The van der Waals surface area contributed by atoms with Crippen LogP contribution in [0.25, 0.3) is 6.08 Å². The fourth-order valence-corrected chi connectivity index (χ4v) is 3.00. The average molecular weight is 370 g/mol. The highest BCUT2D eigenvalue weighted by molar-refractivity contribution is 7.09. The van der Waals surface area contributed by atoms with Gasteiger partial charge in [0.25, 0.3) is 5.91 Å². The molecule has 1 aromatic carbocycles. The summed E-state index contributed by atoms with van der Waals surface area (Å²) in [6.45, 7) is 2.36. The zero-order valence-electron chi connectivity index (χ0n) is 13.6. The Kier molecular flexibility index (Phi) is 5.58. The molecule has 0 unspecified atom stereocenters. The number of thiazole rings is 1. The monoisotopic (exact) mass is 369 g/mol. The van der Waals surface area contributed by atoms with Crippen molar-refractivity contribution in [1.29, 1.82) is 0 Å².